The molecule has 136 valence electrons. The molecule has 0 radical (unpaired) electrons. The number of H-pyrrole nitrogens is 1. The Morgan fingerprint density at radius 2 is 2.04 bits per heavy atom. The van der Waals surface area contributed by atoms with E-state index < -0.39 is 0 Å². The number of para-hydroxylation sites is 1. The smallest absolute Gasteiger partial charge is 0.146 e. The molecular weight excluding hydrogens is 328 g/mol. The minimum absolute atomic E-state index is 0.188. The van der Waals surface area contributed by atoms with Crippen LogP contribution in [-0.2, 0) is 11.3 Å². The molecule has 0 bridgehead atoms. The maximum Gasteiger partial charge on any atom is 0.146 e. The summed E-state index contributed by atoms with van der Waals surface area (Å²) in [4.78, 5) is 15.0. The Morgan fingerprint density at radius 1 is 1.23 bits per heavy atom. The highest BCUT2D eigenvalue weighted by Gasteiger charge is 2.36. The number of aromatic amines is 1. The zero-order valence-electron chi connectivity index (χ0n) is 15.4. The zero-order chi connectivity index (χ0) is 18.1. The summed E-state index contributed by atoms with van der Waals surface area (Å²) in [5.41, 5.74) is 3.19. The van der Waals surface area contributed by atoms with E-state index in [4.69, 9.17) is 9.72 Å². The summed E-state index contributed by atoms with van der Waals surface area (Å²) in [5.74, 6) is 1.92. The Balaban J connectivity index is 1.61. The number of rotatable bonds is 5. The molecule has 4 rings (SSSR count). The summed E-state index contributed by atoms with van der Waals surface area (Å²) in [6.07, 6.45) is 2.73. The number of imidazole rings is 1. The number of aromatic nitrogens is 5. The minimum Gasteiger partial charge on any atom is -0.380 e. The molecule has 1 aliphatic heterocycles. The van der Waals surface area contributed by atoms with Crippen LogP contribution < -0.4 is 0 Å². The number of hydrogen-bond acceptors (Lipinski definition) is 5. The Morgan fingerprint density at radius 3 is 2.73 bits per heavy atom. The van der Waals surface area contributed by atoms with Crippen molar-refractivity contribution in [2.45, 2.75) is 39.0 Å². The fraction of sp³-hybridized carbons (Fsp3) is 0.421. The summed E-state index contributed by atoms with van der Waals surface area (Å²) in [5, 5.41) is 4.41. The van der Waals surface area contributed by atoms with Crippen LogP contribution >= 0.6 is 0 Å². The average Bonchev–Trinajstić information content (AvgIpc) is 3.36. The molecule has 0 aliphatic carbocycles. The molecule has 0 amide bonds. The van der Waals surface area contributed by atoms with Crippen LogP contribution in [0.15, 0.2) is 36.7 Å². The van der Waals surface area contributed by atoms with Crippen molar-refractivity contribution in [3.05, 3.63) is 59.7 Å². The monoisotopic (exact) mass is 352 g/mol. The number of likely N-dealkylation sites (tertiary alicyclic amines) is 1. The second-order valence-corrected chi connectivity index (χ2v) is 6.79. The fourth-order valence-corrected chi connectivity index (χ4v) is 3.56. The van der Waals surface area contributed by atoms with Gasteiger partial charge in [-0.1, -0.05) is 18.2 Å². The first-order chi connectivity index (χ1) is 12.7. The van der Waals surface area contributed by atoms with Gasteiger partial charge in [0.1, 0.15) is 18.0 Å². The van der Waals surface area contributed by atoms with Crippen molar-refractivity contribution >= 4 is 0 Å². The van der Waals surface area contributed by atoms with Crippen molar-refractivity contribution in [2.75, 3.05) is 13.7 Å². The quantitative estimate of drug-likeness (QED) is 0.764. The minimum atomic E-state index is 0.188. The molecule has 1 aromatic carbocycles. The van der Waals surface area contributed by atoms with E-state index in [9.17, 15) is 0 Å². The molecule has 0 unspecified atom stereocenters. The summed E-state index contributed by atoms with van der Waals surface area (Å²) < 4.78 is 7.54. The highest BCUT2D eigenvalue weighted by molar-refractivity contribution is 5.30. The molecule has 0 saturated carbocycles. The number of aryl methyl sites for hydroxylation is 2. The fourth-order valence-electron chi connectivity index (χ4n) is 3.56. The highest BCUT2D eigenvalue weighted by atomic mass is 16.5. The van der Waals surface area contributed by atoms with Crippen molar-refractivity contribution in [3.8, 4) is 5.69 Å². The summed E-state index contributed by atoms with van der Waals surface area (Å²) in [6, 6.07) is 10.3. The van der Waals surface area contributed by atoms with Crippen LogP contribution in [0.5, 0.6) is 0 Å². The Kier molecular flexibility index (Phi) is 4.57. The molecule has 1 fully saturated rings. The molecule has 2 aromatic heterocycles. The van der Waals surface area contributed by atoms with Crippen molar-refractivity contribution in [1.82, 2.24) is 29.6 Å². The van der Waals surface area contributed by atoms with Crippen LogP contribution in [0.25, 0.3) is 5.69 Å². The molecule has 3 heterocycles. The number of nitrogens with one attached hydrogen (secondary N) is 1. The van der Waals surface area contributed by atoms with Crippen molar-refractivity contribution in [3.63, 3.8) is 0 Å². The predicted molar refractivity (Wildman–Crippen MR) is 98.0 cm³/mol. The van der Waals surface area contributed by atoms with Gasteiger partial charge in [0.15, 0.2) is 0 Å². The van der Waals surface area contributed by atoms with Crippen molar-refractivity contribution in [2.24, 2.45) is 0 Å². The van der Waals surface area contributed by atoms with E-state index in [2.05, 4.69) is 26.9 Å². The number of nitrogens with zero attached hydrogens (tertiary/aromatic N) is 5. The molecule has 1 N–H and O–H groups in total. The first kappa shape index (κ1) is 16.9. The van der Waals surface area contributed by atoms with E-state index in [-0.39, 0.29) is 12.1 Å². The molecule has 7 nitrogen and oxygen atoms in total. The lowest BCUT2D eigenvalue weighted by Crippen LogP contribution is -2.27. The number of ether oxygens (including phenoxy) is 1. The Labute approximate surface area is 153 Å². The van der Waals surface area contributed by atoms with Gasteiger partial charge in [-0.15, -0.1) is 0 Å². The third-order valence-electron chi connectivity index (χ3n) is 5.12. The second-order valence-electron chi connectivity index (χ2n) is 6.79. The summed E-state index contributed by atoms with van der Waals surface area (Å²) >= 11 is 0. The maximum atomic E-state index is 5.64. The molecule has 3 aromatic rings. The molecule has 26 heavy (non-hydrogen) atoms. The van der Waals surface area contributed by atoms with Gasteiger partial charge in [0.05, 0.1) is 30.1 Å². The first-order valence-corrected chi connectivity index (χ1v) is 8.90. The molecule has 7 heteroatoms. The van der Waals surface area contributed by atoms with Gasteiger partial charge < -0.3 is 9.72 Å². The van der Waals surface area contributed by atoms with Gasteiger partial charge in [-0.05, 0) is 32.4 Å². The standard InChI is InChI=1S/C19H24N6O/c1-13-14(2)23-19(22-13)17-9-16(26-3)10-24(17)11-18-20-12-21-25(18)15-7-5-4-6-8-15/h4-8,12,16-17H,9-11H2,1-3H3,(H,22,23)/t16-,17+/m1/s1. The molecule has 0 spiro atoms. The van der Waals surface area contributed by atoms with Crippen molar-refractivity contribution < 1.29 is 4.74 Å². The molecule has 2 atom stereocenters. The number of benzene rings is 1. The maximum absolute atomic E-state index is 5.64. The van der Waals surface area contributed by atoms with Crippen LogP contribution in [0.1, 0.15) is 35.5 Å². The van der Waals surface area contributed by atoms with E-state index in [0.29, 0.717) is 6.54 Å². The summed E-state index contributed by atoms with van der Waals surface area (Å²) in [7, 11) is 1.77. The van der Waals surface area contributed by atoms with Crippen LogP contribution in [0.4, 0.5) is 0 Å². The second kappa shape index (κ2) is 7.01. The normalized spacial score (nSPS) is 20.7. The lowest BCUT2D eigenvalue weighted by atomic mass is 10.2. The Bertz CT molecular complexity index is 852. The largest absolute Gasteiger partial charge is 0.380 e. The third-order valence-corrected chi connectivity index (χ3v) is 5.12. The van der Waals surface area contributed by atoms with Gasteiger partial charge >= 0.3 is 0 Å². The third kappa shape index (κ3) is 3.15. The summed E-state index contributed by atoms with van der Waals surface area (Å²) in [6.45, 7) is 5.64. The van der Waals surface area contributed by atoms with Gasteiger partial charge in [-0.25, -0.2) is 14.6 Å². The van der Waals surface area contributed by atoms with Gasteiger partial charge in [-0.2, -0.15) is 5.10 Å². The number of hydrogen-bond donors (Lipinski definition) is 1. The lowest BCUT2D eigenvalue weighted by molar-refractivity contribution is 0.107. The van der Waals surface area contributed by atoms with E-state index in [1.54, 1.807) is 13.4 Å². The highest BCUT2D eigenvalue weighted by Crippen LogP contribution is 2.33. The molecule has 1 aliphatic rings. The van der Waals surface area contributed by atoms with E-state index in [0.717, 1.165) is 41.7 Å². The van der Waals surface area contributed by atoms with Gasteiger partial charge in [0.2, 0.25) is 0 Å². The van der Waals surface area contributed by atoms with Crippen molar-refractivity contribution in [1.29, 1.82) is 0 Å². The van der Waals surface area contributed by atoms with Crippen LogP contribution in [0.3, 0.4) is 0 Å². The first-order valence-electron chi connectivity index (χ1n) is 8.90. The lowest BCUT2D eigenvalue weighted by Gasteiger charge is -2.22. The van der Waals surface area contributed by atoms with E-state index in [1.807, 2.05) is 41.9 Å². The molecular formula is C19H24N6O. The van der Waals surface area contributed by atoms with Crippen LogP contribution in [0.2, 0.25) is 0 Å². The predicted octanol–water partition coefficient (Wildman–Crippen LogP) is 2.57. The Hall–Kier alpha value is -2.51. The van der Waals surface area contributed by atoms with Crippen LogP contribution in [0, 0.1) is 13.8 Å². The van der Waals surface area contributed by atoms with Gasteiger partial charge in [0, 0.05) is 19.3 Å². The van der Waals surface area contributed by atoms with E-state index in [1.165, 1.54) is 0 Å². The SMILES string of the molecule is CO[C@@H]1C[C@@H](c2nc(C)c(C)[nH]2)N(Cc2ncnn2-c2ccccc2)C1. The van der Waals surface area contributed by atoms with Crippen LogP contribution in [-0.4, -0.2) is 49.4 Å². The number of methoxy groups -OCH3 is 1. The van der Waals surface area contributed by atoms with Gasteiger partial charge in [-0.3, -0.25) is 4.90 Å². The average molecular weight is 352 g/mol. The van der Waals surface area contributed by atoms with E-state index >= 15 is 0 Å². The molecule has 1 saturated heterocycles. The topological polar surface area (TPSA) is 71.9 Å². The van der Waals surface area contributed by atoms with Gasteiger partial charge in [0.25, 0.3) is 0 Å². The zero-order valence-corrected chi connectivity index (χ0v) is 15.4.